The van der Waals surface area contributed by atoms with Crippen molar-refractivity contribution in [3.63, 3.8) is 0 Å². The van der Waals surface area contributed by atoms with Gasteiger partial charge in [-0.25, -0.2) is 0 Å². The Kier molecular flexibility index (Phi) is 6.21. The number of carbonyl (C=O) groups is 1. The second-order valence-corrected chi connectivity index (χ2v) is 6.25. The summed E-state index contributed by atoms with van der Waals surface area (Å²) < 4.78 is 5.66. The summed E-state index contributed by atoms with van der Waals surface area (Å²) in [6, 6.07) is 14.5. The largest absolute Gasteiger partial charge is 0.368 e. The molecule has 2 aromatic carbocycles. The number of likely N-dealkylation sites (N-methyl/N-ethyl adjacent to an activating group) is 1. The summed E-state index contributed by atoms with van der Waals surface area (Å²) in [7, 11) is 3.52. The van der Waals surface area contributed by atoms with Crippen molar-refractivity contribution in [2.45, 2.75) is 25.0 Å². The van der Waals surface area contributed by atoms with Gasteiger partial charge in [0, 0.05) is 20.7 Å². The maximum Gasteiger partial charge on any atom is 0.254 e. The highest BCUT2D eigenvalue weighted by atomic mass is 35.5. The van der Waals surface area contributed by atoms with Gasteiger partial charge in [-0.05, 0) is 42.3 Å². The normalized spacial score (nSPS) is 16.4. The summed E-state index contributed by atoms with van der Waals surface area (Å²) in [5.41, 5.74) is 0.490. The molecule has 0 bridgehead atoms. The number of amides is 1. The Bertz CT molecular complexity index is 693. The van der Waals surface area contributed by atoms with Crippen LogP contribution in [-0.4, -0.2) is 43.7 Å². The van der Waals surface area contributed by atoms with E-state index >= 15 is 0 Å². The molecule has 130 valence electrons. The first-order chi connectivity index (χ1) is 11.2. The number of rotatable bonds is 4. The first kappa shape index (κ1) is 18.7. The molecule has 1 heterocycles. The van der Waals surface area contributed by atoms with E-state index < -0.39 is 5.60 Å². The van der Waals surface area contributed by atoms with Gasteiger partial charge in [0.05, 0.1) is 0 Å². The Morgan fingerprint density at radius 3 is 2.54 bits per heavy atom. The van der Waals surface area contributed by atoms with E-state index in [0.717, 1.165) is 25.9 Å². The maximum absolute atomic E-state index is 13.0. The van der Waals surface area contributed by atoms with E-state index in [-0.39, 0.29) is 18.3 Å². The van der Waals surface area contributed by atoms with Gasteiger partial charge in [-0.1, -0.05) is 42.5 Å². The third kappa shape index (κ3) is 3.56. The van der Waals surface area contributed by atoms with E-state index in [1.807, 2.05) is 25.2 Å². The summed E-state index contributed by atoms with van der Waals surface area (Å²) in [5.74, 6) is 0.0782. The van der Waals surface area contributed by atoms with Gasteiger partial charge >= 0.3 is 0 Å². The van der Waals surface area contributed by atoms with Crippen molar-refractivity contribution < 1.29 is 9.53 Å². The first-order valence-corrected chi connectivity index (χ1v) is 8.14. The van der Waals surface area contributed by atoms with E-state index in [1.165, 1.54) is 16.3 Å². The minimum absolute atomic E-state index is 0. The third-order valence-electron chi connectivity index (χ3n) is 4.83. The molecule has 0 radical (unpaired) electrons. The molecule has 0 atom stereocenters. The van der Waals surface area contributed by atoms with Crippen molar-refractivity contribution in [2.24, 2.45) is 0 Å². The van der Waals surface area contributed by atoms with Gasteiger partial charge in [-0.3, -0.25) is 4.79 Å². The minimum Gasteiger partial charge on any atom is -0.368 e. The number of nitrogens with one attached hydrogen (secondary N) is 1. The standard InChI is InChI=1S/C19H24N2O2.ClH/c1-21(18(22)19(23-2)10-12-20-13-11-19)14-16-8-5-7-15-6-3-4-9-17(15)16;/h3-9,20H,10-14H2,1-2H3;1H. The lowest BCUT2D eigenvalue weighted by Gasteiger charge is -2.37. The topological polar surface area (TPSA) is 41.6 Å². The number of ether oxygens (including phenoxy) is 1. The molecule has 24 heavy (non-hydrogen) atoms. The Morgan fingerprint density at radius 2 is 1.83 bits per heavy atom. The second kappa shape index (κ2) is 7.97. The number of benzene rings is 2. The molecule has 1 saturated heterocycles. The van der Waals surface area contributed by atoms with E-state index in [0.29, 0.717) is 6.54 Å². The zero-order chi connectivity index (χ0) is 16.3. The molecule has 1 fully saturated rings. The van der Waals surface area contributed by atoms with Gasteiger partial charge in [0.2, 0.25) is 0 Å². The number of halogens is 1. The summed E-state index contributed by atoms with van der Waals surface area (Å²) in [6.45, 7) is 2.24. The van der Waals surface area contributed by atoms with Gasteiger partial charge in [0.25, 0.3) is 5.91 Å². The van der Waals surface area contributed by atoms with E-state index in [1.54, 1.807) is 12.0 Å². The SMILES string of the molecule is COC1(C(=O)N(C)Cc2cccc3ccccc23)CCNCC1.Cl. The molecular formula is C19H25ClN2O2. The summed E-state index contributed by atoms with van der Waals surface area (Å²) in [6.07, 6.45) is 1.45. The van der Waals surface area contributed by atoms with E-state index in [2.05, 4.69) is 29.6 Å². The fourth-order valence-electron chi connectivity index (χ4n) is 3.44. The van der Waals surface area contributed by atoms with Crippen LogP contribution in [-0.2, 0) is 16.1 Å². The van der Waals surface area contributed by atoms with Crippen LogP contribution in [0.4, 0.5) is 0 Å². The maximum atomic E-state index is 13.0. The number of fused-ring (bicyclic) bond motifs is 1. The molecule has 4 nitrogen and oxygen atoms in total. The van der Waals surface area contributed by atoms with Gasteiger partial charge in [0.1, 0.15) is 5.60 Å². The predicted octanol–water partition coefficient (Wildman–Crippen LogP) is 2.99. The molecule has 1 N–H and O–H groups in total. The molecular weight excluding hydrogens is 324 g/mol. The fraction of sp³-hybridized carbons (Fsp3) is 0.421. The molecule has 3 rings (SSSR count). The molecule has 0 saturated carbocycles. The Labute approximate surface area is 149 Å². The molecule has 1 aliphatic rings. The third-order valence-corrected chi connectivity index (χ3v) is 4.83. The number of nitrogens with zero attached hydrogens (tertiary/aromatic N) is 1. The number of piperidine rings is 1. The molecule has 1 aliphatic heterocycles. The summed E-state index contributed by atoms with van der Waals surface area (Å²) in [5, 5.41) is 5.69. The average molecular weight is 349 g/mol. The smallest absolute Gasteiger partial charge is 0.254 e. The molecule has 1 amide bonds. The van der Waals surface area contributed by atoms with Crippen LogP contribution in [0.2, 0.25) is 0 Å². The van der Waals surface area contributed by atoms with Crippen LogP contribution in [0.1, 0.15) is 18.4 Å². The molecule has 0 aliphatic carbocycles. The number of hydrogen-bond acceptors (Lipinski definition) is 3. The van der Waals surface area contributed by atoms with Crippen LogP contribution in [0, 0.1) is 0 Å². The van der Waals surface area contributed by atoms with Gasteiger partial charge in [-0.2, -0.15) is 0 Å². The Hall–Kier alpha value is -1.62. The highest BCUT2D eigenvalue weighted by Gasteiger charge is 2.41. The average Bonchev–Trinajstić information content (AvgIpc) is 2.62. The van der Waals surface area contributed by atoms with Crippen LogP contribution in [0.5, 0.6) is 0 Å². The molecule has 0 aromatic heterocycles. The van der Waals surface area contributed by atoms with Gasteiger partial charge in [0.15, 0.2) is 0 Å². The van der Waals surface area contributed by atoms with Crippen molar-refractivity contribution in [2.75, 3.05) is 27.2 Å². The van der Waals surface area contributed by atoms with Crippen LogP contribution in [0.3, 0.4) is 0 Å². The summed E-state index contributed by atoms with van der Waals surface area (Å²) in [4.78, 5) is 14.8. The quantitative estimate of drug-likeness (QED) is 0.923. The molecule has 0 unspecified atom stereocenters. The first-order valence-electron chi connectivity index (χ1n) is 8.14. The Balaban J connectivity index is 0.00000208. The molecule has 0 spiro atoms. The van der Waals surface area contributed by atoms with Crippen molar-refractivity contribution in [3.05, 3.63) is 48.0 Å². The van der Waals surface area contributed by atoms with Crippen molar-refractivity contribution in [3.8, 4) is 0 Å². The fourth-order valence-corrected chi connectivity index (χ4v) is 3.44. The van der Waals surface area contributed by atoms with Crippen LogP contribution >= 0.6 is 12.4 Å². The summed E-state index contributed by atoms with van der Waals surface area (Å²) >= 11 is 0. The van der Waals surface area contributed by atoms with Crippen LogP contribution in [0.15, 0.2) is 42.5 Å². The zero-order valence-corrected chi connectivity index (χ0v) is 15.1. The lowest BCUT2D eigenvalue weighted by Crippen LogP contribution is -2.54. The van der Waals surface area contributed by atoms with Crippen molar-refractivity contribution in [1.82, 2.24) is 10.2 Å². The lowest BCUT2D eigenvalue weighted by molar-refractivity contribution is -0.157. The highest BCUT2D eigenvalue weighted by molar-refractivity contribution is 5.88. The molecule has 2 aromatic rings. The number of carbonyl (C=O) groups excluding carboxylic acids is 1. The van der Waals surface area contributed by atoms with E-state index in [9.17, 15) is 4.79 Å². The molecule has 5 heteroatoms. The number of methoxy groups -OCH3 is 1. The van der Waals surface area contributed by atoms with Crippen molar-refractivity contribution >= 4 is 29.1 Å². The van der Waals surface area contributed by atoms with Crippen molar-refractivity contribution in [1.29, 1.82) is 0 Å². The predicted molar refractivity (Wildman–Crippen MR) is 99.5 cm³/mol. The highest BCUT2D eigenvalue weighted by Crippen LogP contribution is 2.26. The van der Waals surface area contributed by atoms with E-state index in [4.69, 9.17) is 4.74 Å². The number of hydrogen-bond donors (Lipinski definition) is 1. The Morgan fingerprint density at radius 1 is 1.17 bits per heavy atom. The zero-order valence-electron chi connectivity index (χ0n) is 14.2. The van der Waals surface area contributed by atoms with Crippen LogP contribution in [0.25, 0.3) is 10.8 Å². The van der Waals surface area contributed by atoms with Crippen LogP contribution < -0.4 is 5.32 Å². The monoisotopic (exact) mass is 348 g/mol. The van der Waals surface area contributed by atoms with Gasteiger partial charge in [-0.15, -0.1) is 12.4 Å². The second-order valence-electron chi connectivity index (χ2n) is 6.25. The van der Waals surface area contributed by atoms with Gasteiger partial charge < -0.3 is 15.0 Å². The lowest BCUT2D eigenvalue weighted by atomic mass is 9.90. The minimum atomic E-state index is -0.676.